The van der Waals surface area contributed by atoms with Crippen LogP contribution in [-0.4, -0.2) is 27.1 Å². The number of carbonyl (C=O) groups excluding carboxylic acids is 1. The normalized spacial score (nSPS) is 11.6. The number of hydrazone groups is 1. The molecule has 2 N–H and O–H groups in total. The van der Waals surface area contributed by atoms with Crippen LogP contribution in [0.15, 0.2) is 58.5 Å². The third-order valence-corrected chi connectivity index (χ3v) is 4.72. The first-order valence-corrected chi connectivity index (χ1v) is 8.81. The lowest BCUT2D eigenvalue weighted by atomic mass is 10.1. The monoisotopic (exact) mass is 345 g/mol. The zero-order valence-electron chi connectivity index (χ0n) is 13.5. The lowest BCUT2D eigenvalue weighted by Crippen LogP contribution is -2.34. The molecule has 0 aliphatic carbocycles. The Hall–Kier alpha value is -2.51. The largest absolute Gasteiger partial charge is 0.272 e. The number of sulfonamides is 1. The highest BCUT2D eigenvalue weighted by Gasteiger charge is 2.14. The molecule has 7 heteroatoms. The van der Waals surface area contributed by atoms with Gasteiger partial charge in [-0.25, -0.2) is 18.6 Å². The minimum Gasteiger partial charge on any atom is -0.272 e. The Balaban J connectivity index is 1.90. The maximum atomic E-state index is 12.0. The molecule has 2 aromatic carbocycles. The molecule has 0 aliphatic rings. The Morgan fingerprint density at radius 1 is 1.12 bits per heavy atom. The summed E-state index contributed by atoms with van der Waals surface area (Å²) in [5.74, 6) is -0.545. The Bertz CT molecular complexity index is 847. The van der Waals surface area contributed by atoms with Crippen LogP contribution in [0, 0.1) is 13.8 Å². The molecular formula is C17H19N3O3S. The van der Waals surface area contributed by atoms with Gasteiger partial charge in [0.05, 0.1) is 17.7 Å². The summed E-state index contributed by atoms with van der Waals surface area (Å²) < 4.78 is 26.2. The van der Waals surface area contributed by atoms with E-state index in [9.17, 15) is 13.2 Å². The first-order valence-electron chi connectivity index (χ1n) is 7.32. The van der Waals surface area contributed by atoms with Crippen LogP contribution in [0.1, 0.15) is 16.7 Å². The number of nitrogens with one attached hydrogen (secondary N) is 2. The number of hydrogen-bond donors (Lipinski definition) is 2. The number of aryl methyl sites for hydroxylation is 2. The van der Waals surface area contributed by atoms with Crippen molar-refractivity contribution in [2.24, 2.45) is 5.10 Å². The van der Waals surface area contributed by atoms with Crippen LogP contribution >= 0.6 is 0 Å². The third-order valence-electron chi connectivity index (χ3n) is 3.30. The predicted octanol–water partition coefficient (Wildman–Crippen LogP) is 1.73. The second-order valence-corrected chi connectivity index (χ2v) is 7.06. The average molecular weight is 345 g/mol. The lowest BCUT2D eigenvalue weighted by molar-refractivity contribution is -0.119. The lowest BCUT2D eigenvalue weighted by Gasteiger charge is -2.05. The van der Waals surface area contributed by atoms with Crippen molar-refractivity contribution in [3.8, 4) is 0 Å². The van der Waals surface area contributed by atoms with Gasteiger partial charge >= 0.3 is 0 Å². The van der Waals surface area contributed by atoms with E-state index in [1.54, 1.807) is 18.2 Å². The molecule has 0 fully saturated rings. The van der Waals surface area contributed by atoms with E-state index in [1.807, 2.05) is 32.0 Å². The topological polar surface area (TPSA) is 87.6 Å². The average Bonchev–Trinajstić information content (AvgIpc) is 2.57. The van der Waals surface area contributed by atoms with Gasteiger partial charge in [-0.1, -0.05) is 42.0 Å². The highest BCUT2D eigenvalue weighted by atomic mass is 32.2. The first kappa shape index (κ1) is 17.8. The van der Waals surface area contributed by atoms with Gasteiger partial charge in [-0.05, 0) is 37.1 Å². The molecular weight excluding hydrogens is 326 g/mol. The Kier molecular flexibility index (Phi) is 5.83. The summed E-state index contributed by atoms with van der Waals surface area (Å²) in [5.41, 5.74) is 5.31. The predicted molar refractivity (Wildman–Crippen MR) is 93.3 cm³/mol. The van der Waals surface area contributed by atoms with Crippen LogP contribution in [0.25, 0.3) is 0 Å². The Morgan fingerprint density at radius 3 is 2.54 bits per heavy atom. The van der Waals surface area contributed by atoms with E-state index in [-0.39, 0.29) is 11.4 Å². The van der Waals surface area contributed by atoms with Crippen LogP contribution in [0.2, 0.25) is 0 Å². The van der Waals surface area contributed by atoms with Crippen molar-refractivity contribution in [3.63, 3.8) is 0 Å². The van der Waals surface area contributed by atoms with Gasteiger partial charge < -0.3 is 0 Å². The molecule has 0 saturated heterocycles. The van der Waals surface area contributed by atoms with Crippen molar-refractivity contribution in [2.75, 3.05) is 6.54 Å². The summed E-state index contributed by atoms with van der Waals surface area (Å²) in [6.45, 7) is 3.52. The van der Waals surface area contributed by atoms with E-state index >= 15 is 0 Å². The van der Waals surface area contributed by atoms with Gasteiger partial charge in [0.25, 0.3) is 5.91 Å². The summed E-state index contributed by atoms with van der Waals surface area (Å²) in [6, 6.07) is 13.8. The number of benzene rings is 2. The molecule has 126 valence electrons. The zero-order valence-corrected chi connectivity index (χ0v) is 14.3. The highest BCUT2D eigenvalue weighted by Crippen LogP contribution is 2.08. The molecule has 0 spiro atoms. The van der Waals surface area contributed by atoms with Crippen LogP contribution in [-0.2, 0) is 14.8 Å². The fourth-order valence-corrected chi connectivity index (χ4v) is 2.96. The van der Waals surface area contributed by atoms with Gasteiger partial charge in [-0.3, -0.25) is 4.79 Å². The van der Waals surface area contributed by atoms with E-state index in [1.165, 1.54) is 18.3 Å². The molecule has 0 saturated carbocycles. The summed E-state index contributed by atoms with van der Waals surface area (Å²) in [5, 5.41) is 3.86. The minimum absolute atomic E-state index is 0.108. The zero-order chi connectivity index (χ0) is 17.6. The van der Waals surface area contributed by atoms with E-state index in [2.05, 4.69) is 15.2 Å². The van der Waals surface area contributed by atoms with Gasteiger partial charge in [0, 0.05) is 0 Å². The summed E-state index contributed by atoms with van der Waals surface area (Å²) in [7, 11) is -3.71. The molecule has 0 aromatic heterocycles. The van der Waals surface area contributed by atoms with Crippen molar-refractivity contribution in [3.05, 3.63) is 65.2 Å². The fourth-order valence-electron chi connectivity index (χ4n) is 1.96. The maximum Gasteiger partial charge on any atom is 0.255 e. The Morgan fingerprint density at radius 2 is 1.83 bits per heavy atom. The SMILES string of the molecule is Cc1ccc(C)c(/C=N\NC(=O)CNS(=O)(=O)c2ccccc2)c1. The molecule has 24 heavy (non-hydrogen) atoms. The molecule has 0 atom stereocenters. The van der Waals surface area contributed by atoms with Crippen LogP contribution in [0.3, 0.4) is 0 Å². The van der Waals surface area contributed by atoms with Crippen molar-refractivity contribution < 1.29 is 13.2 Å². The molecule has 0 aliphatic heterocycles. The second-order valence-electron chi connectivity index (χ2n) is 5.29. The molecule has 1 amide bonds. The van der Waals surface area contributed by atoms with Crippen LogP contribution in [0.5, 0.6) is 0 Å². The van der Waals surface area contributed by atoms with Gasteiger partial charge in [-0.15, -0.1) is 0 Å². The quantitative estimate of drug-likeness (QED) is 0.617. The second kappa shape index (κ2) is 7.85. The molecule has 2 rings (SSSR count). The number of amides is 1. The molecule has 0 heterocycles. The number of hydrogen-bond acceptors (Lipinski definition) is 4. The van der Waals surface area contributed by atoms with Crippen molar-refractivity contribution >= 4 is 22.1 Å². The van der Waals surface area contributed by atoms with Crippen LogP contribution in [0.4, 0.5) is 0 Å². The smallest absolute Gasteiger partial charge is 0.255 e. The number of nitrogens with zero attached hydrogens (tertiary/aromatic N) is 1. The van der Waals surface area contributed by atoms with E-state index in [0.29, 0.717) is 0 Å². The standard InChI is InChI=1S/C17H19N3O3S/c1-13-8-9-14(2)15(10-13)11-18-20-17(21)12-19-24(22,23)16-6-4-3-5-7-16/h3-11,19H,12H2,1-2H3,(H,20,21)/b18-11-. The van der Waals surface area contributed by atoms with Gasteiger partial charge in [0.15, 0.2) is 0 Å². The third kappa shape index (κ3) is 5.00. The van der Waals surface area contributed by atoms with Crippen LogP contribution < -0.4 is 10.1 Å². The van der Waals surface area contributed by atoms with Gasteiger partial charge in [0.2, 0.25) is 10.0 Å². The minimum atomic E-state index is -3.71. The van der Waals surface area contributed by atoms with Gasteiger partial charge in [-0.2, -0.15) is 5.10 Å². The first-order chi connectivity index (χ1) is 11.4. The molecule has 0 bridgehead atoms. The number of rotatable bonds is 6. The van der Waals surface area contributed by atoms with E-state index in [0.717, 1.165) is 16.7 Å². The maximum absolute atomic E-state index is 12.0. The summed E-state index contributed by atoms with van der Waals surface area (Å²) in [4.78, 5) is 11.8. The van der Waals surface area contributed by atoms with E-state index < -0.39 is 15.9 Å². The summed E-state index contributed by atoms with van der Waals surface area (Å²) >= 11 is 0. The number of carbonyl (C=O) groups is 1. The molecule has 6 nitrogen and oxygen atoms in total. The Labute approximate surface area is 141 Å². The summed E-state index contributed by atoms with van der Waals surface area (Å²) in [6.07, 6.45) is 1.53. The fraction of sp³-hybridized carbons (Fsp3) is 0.176. The van der Waals surface area contributed by atoms with Crippen molar-refractivity contribution in [1.29, 1.82) is 0 Å². The molecule has 0 radical (unpaired) electrons. The van der Waals surface area contributed by atoms with Crippen molar-refractivity contribution in [2.45, 2.75) is 18.7 Å². The van der Waals surface area contributed by atoms with Gasteiger partial charge in [0.1, 0.15) is 0 Å². The van der Waals surface area contributed by atoms with E-state index in [4.69, 9.17) is 0 Å². The molecule has 2 aromatic rings. The highest BCUT2D eigenvalue weighted by molar-refractivity contribution is 7.89. The molecule has 0 unspecified atom stereocenters. The van der Waals surface area contributed by atoms with Crippen molar-refractivity contribution in [1.82, 2.24) is 10.1 Å².